The molecule has 0 unspecified atom stereocenters. The number of rotatable bonds is 4. The molecule has 22 heavy (non-hydrogen) atoms. The minimum atomic E-state index is -0.748. The van der Waals surface area contributed by atoms with Crippen LogP contribution in [0.1, 0.15) is 11.1 Å². The highest BCUT2D eigenvalue weighted by Gasteiger charge is 2.35. The number of carbonyl (C=O) groups is 2. The van der Waals surface area contributed by atoms with Gasteiger partial charge in [-0.25, -0.2) is 4.79 Å². The number of hydrogen-bond acceptors (Lipinski definition) is 3. The van der Waals surface area contributed by atoms with Gasteiger partial charge in [0.05, 0.1) is 0 Å². The van der Waals surface area contributed by atoms with Crippen molar-refractivity contribution >= 4 is 11.9 Å². The van der Waals surface area contributed by atoms with E-state index in [2.05, 4.69) is 5.32 Å². The largest absolute Gasteiger partial charge is 0.450 e. The number of morpholine rings is 1. The van der Waals surface area contributed by atoms with Gasteiger partial charge in [-0.1, -0.05) is 60.7 Å². The van der Waals surface area contributed by atoms with Crippen LogP contribution >= 0.6 is 0 Å². The molecule has 4 nitrogen and oxygen atoms in total. The molecule has 1 heterocycles. The topological polar surface area (TPSA) is 55.4 Å². The second-order valence-electron chi connectivity index (χ2n) is 5.37. The second kappa shape index (κ2) is 6.43. The van der Waals surface area contributed by atoms with Crippen LogP contribution in [0.5, 0.6) is 0 Å². The van der Waals surface area contributed by atoms with E-state index in [1.807, 2.05) is 60.7 Å². The van der Waals surface area contributed by atoms with Gasteiger partial charge in [0.1, 0.15) is 6.04 Å². The van der Waals surface area contributed by atoms with Crippen molar-refractivity contribution in [3.8, 4) is 0 Å². The molecule has 1 aliphatic rings. The summed E-state index contributed by atoms with van der Waals surface area (Å²) in [6, 6.07) is 18.5. The summed E-state index contributed by atoms with van der Waals surface area (Å²) in [4.78, 5) is 24.3. The minimum absolute atomic E-state index is 0.232. The predicted octanol–water partition coefficient (Wildman–Crippen LogP) is 1.88. The van der Waals surface area contributed by atoms with Crippen molar-refractivity contribution in [1.82, 2.24) is 5.32 Å². The highest BCUT2D eigenvalue weighted by Crippen LogP contribution is 2.14. The number of benzene rings is 2. The first kappa shape index (κ1) is 14.3. The molecule has 1 fully saturated rings. The average molecular weight is 295 g/mol. The van der Waals surface area contributed by atoms with E-state index in [1.165, 1.54) is 0 Å². The molecule has 0 aromatic heterocycles. The Morgan fingerprint density at radius 3 is 1.95 bits per heavy atom. The van der Waals surface area contributed by atoms with Crippen LogP contribution in [0.4, 0.5) is 0 Å². The Morgan fingerprint density at radius 2 is 1.36 bits per heavy atom. The van der Waals surface area contributed by atoms with Crippen molar-refractivity contribution in [1.29, 1.82) is 0 Å². The Balaban J connectivity index is 1.64. The Hall–Kier alpha value is -2.62. The zero-order chi connectivity index (χ0) is 15.4. The van der Waals surface area contributed by atoms with E-state index in [0.717, 1.165) is 11.1 Å². The summed E-state index contributed by atoms with van der Waals surface area (Å²) in [7, 11) is 0. The Kier molecular flexibility index (Phi) is 4.19. The number of hydrogen-bond donors (Lipinski definition) is 1. The van der Waals surface area contributed by atoms with E-state index >= 15 is 0 Å². The monoisotopic (exact) mass is 295 g/mol. The third kappa shape index (κ3) is 3.34. The standard InChI is InChI=1S/C18H17NO3/c20-17-16(12-14-9-5-2-6-10-14)22-18(21)15(19-17)11-13-7-3-1-4-8-13/h1-10,15-16H,11-12H2,(H,19,20)/t15-,16-/m0/s1. The van der Waals surface area contributed by atoms with Crippen molar-refractivity contribution in [2.75, 3.05) is 0 Å². The van der Waals surface area contributed by atoms with Crippen LogP contribution in [-0.2, 0) is 27.2 Å². The highest BCUT2D eigenvalue weighted by atomic mass is 16.6. The summed E-state index contributed by atoms with van der Waals surface area (Å²) in [5.74, 6) is -0.603. The Labute approximate surface area is 129 Å². The minimum Gasteiger partial charge on any atom is -0.450 e. The van der Waals surface area contributed by atoms with Gasteiger partial charge in [-0.3, -0.25) is 4.79 Å². The van der Waals surface area contributed by atoms with Gasteiger partial charge in [0.25, 0.3) is 5.91 Å². The fourth-order valence-electron chi connectivity index (χ4n) is 2.55. The molecule has 4 heteroatoms. The van der Waals surface area contributed by atoms with E-state index in [9.17, 15) is 9.59 Å². The van der Waals surface area contributed by atoms with Gasteiger partial charge >= 0.3 is 5.97 Å². The quantitative estimate of drug-likeness (QED) is 0.876. The fourth-order valence-corrected chi connectivity index (χ4v) is 2.55. The van der Waals surface area contributed by atoms with Crippen LogP contribution in [0.25, 0.3) is 0 Å². The average Bonchev–Trinajstić information content (AvgIpc) is 2.54. The molecule has 1 aliphatic heterocycles. The first-order valence-corrected chi connectivity index (χ1v) is 7.31. The summed E-state index contributed by atoms with van der Waals surface area (Å²) in [6.45, 7) is 0. The van der Waals surface area contributed by atoms with Crippen LogP contribution in [0.3, 0.4) is 0 Å². The number of nitrogens with one attached hydrogen (secondary N) is 1. The summed E-state index contributed by atoms with van der Waals surface area (Å²) in [5.41, 5.74) is 1.96. The van der Waals surface area contributed by atoms with Crippen LogP contribution in [-0.4, -0.2) is 24.0 Å². The summed E-state index contributed by atoms with van der Waals surface area (Å²) in [6.07, 6.45) is 0.0989. The zero-order valence-electron chi connectivity index (χ0n) is 12.1. The van der Waals surface area contributed by atoms with Crippen molar-refractivity contribution in [3.63, 3.8) is 0 Å². The lowest BCUT2D eigenvalue weighted by atomic mass is 10.0. The molecule has 0 spiro atoms. The van der Waals surface area contributed by atoms with Crippen molar-refractivity contribution in [2.24, 2.45) is 0 Å². The molecule has 1 amide bonds. The maximum Gasteiger partial charge on any atom is 0.329 e. The van der Waals surface area contributed by atoms with Crippen LogP contribution in [0.2, 0.25) is 0 Å². The molecule has 112 valence electrons. The number of amides is 1. The summed E-state index contributed by atoms with van der Waals surface area (Å²) < 4.78 is 5.34. The highest BCUT2D eigenvalue weighted by molar-refractivity contribution is 5.92. The zero-order valence-corrected chi connectivity index (χ0v) is 12.1. The first-order chi connectivity index (χ1) is 10.7. The third-order valence-corrected chi connectivity index (χ3v) is 3.70. The maximum absolute atomic E-state index is 12.2. The van der Waals surface area contributed by atoms with Crippen molar-refractivity contribution in [3.05, 3.63) is 71.8 Å². The van der Waals surface area contributed by atoms with Crippen LogP contribution < -0.4 is 5.32 Å². The van der Waals surface area contributed by atoms with Gasteiger partial charge in [-0.2, -0.15) is 0 Å². The fraction of sp³-hybridized carbons (Fsp3) is 0.222. The van der Waals surface area contributed by atoms with Gasteiger partial charge < -0.3 is 10.1 Å². The van der Waals surface area contributed by atoms with Crippen molar-refractivity contribution in [2.45, 2.75) is 25.0 Å². The van der Waals surface area contributed by atoms with Gasteiger partial charge in [0.15, 0.2) is 6.10 Å². The van der Waals surface area contributed by atoms with E-state index in [1.54, 1.807) is 0 Å². The number of esters is 1. The molecule has 0 radical (unpaired) electrons. The molecule has 3 rings (SSSR count). The number of carbonyl (C=O) groups excluding carboxylic acids is 2. The van der Waals surface area contributed by atoms with Crippen LogP contribution in [0, 0.1) is 0 Å². The van der Waals surface area contributed by atoms with Crippen molar-refractivity contribution < 1.29 is 14.3 Å². The van der Waals surface area contributed by atoms with Gasteiger partial charge in [0.2, 0.25) is 0 Å². The molecule has 0 aliphatic carbocycles. The van der Waals surface area contributed by atoms with E-state index in [0.29, 0.717) is 12.8 Å². The Bertz CT molecular complexity index is 595. The lowest BCUT2D eigenvalue weighted by molar-refractivity contribution is -0.165. The second-order valence-corrected chi connectivity index (χ2v) is 5.37. The number of cyclic esters (lactones) is 1. The molecule has 2 atom stereocenters. The maximum atomic E-state index is 12.2. The van der Waals surface area contributed by atoms with Gasteiger partial charge in [0, 0.05) is 12.8 Å². The molecule has 2 aromatic rings. The lowest BCUT2D eigenvalue weighted by Crippen LogP contribution is -2.55. The van der Waals surface area contributed by atoms with E-state index in [4.69, 9.17) is 4.74 Å². The molecule has 0 bridgehead atoms. The van der Waals surface area contributed by atoms with Gasteiger partial charge in [-0.15, -0.1) is 0 Å². The summed E-state index contributed by atoms with van der Waals surface area (Å²) >= 11 is 0. The normalized spacial score (nSPS) is 21.1. The summed E-state index contributed by atoms with van der Waals surface area (Å²) in [5, 5.41) is 2.77. The Morgan fingerprint density at radius 1 is 0.818 bits per heavy atom. The third-order valence-electron chi connectivity index (χ3n) is 3.70. The van der Waals surface area contributed by atoms with Gasteiger partial charge in [-0.05, 0) is 11.1 Å². The molecule has 2 aromatic carbocycles. The lowest BCUT2D eigenvalue weighted by Gasteiger charge is -2.28. The molecular weight excluding hydrogens is 278 g/mol. The van der Waals surface area contributed by atoms with E-state index in [-0.39, 0.29) is 11.9 Å². The molecule has 1 N–H and O–H groups in total. The molecular formula is C18H17NO3. The van der Waals surface area contributed by atoms with E-state index < -0.39 is 12.1 Å². The SMILES string of the molecule is O=C1O[C@@H](Cc2ccccc2)C(=O)N[C@H]1Cc1ccccc1. The van der Waals surface area contributed by atoms with Crippen LogP contribution in [0.15, 0.2) is 60.7 Å². The predicted molar refractivity (Wildman–Crippen MR) is 82.1 cm³/mol. The first-order valence-electron chi connectivity index (χ1n) is 7.31. The molecule has 1 saturated heterocycles. The molecule has 0 saturated carbocycles. The number of ether oxygens (including phenoxy) is 1. The smallest absolute Gasteiger partial charge is 0.329 e.